The highest BCUT2D eigenvalue weighted by molar-refractivity contribution is 6.20. The van der Waals surface area contributed by atoms with Crippen LogP contribution in [0.15, 0.2) is 77.3 Å². The smallest absolute Gasteiger partial charge is 0.264 e. The van der Waals surface area contributed by atoms with E-state index in [1.54, 1.807) is 42.5 Å². The van der Waals surface area contributed by atoms with E-state index < -0.39 is 11.8 Å². The number of aryl methyl sites for hydroxylation is 1. The van der Waals surface area contributed by atoms with E-state index in [0.29, 0.717) is 28.2 Å². The van der Waals surface area contributed by atoms with Gasteiger partial charge in [-0.2, -0.15) is 5.26 Å². The molecule has 0 aromatic heterocycles. The molecule has 3 aromatic rings. The molecule has 1 aliphatic heterocycles. The first-order valence-corrected chi connectivity index (χ1v) is 11.1. The lowest BCUT2D eigenvalue weighted by Gasteiger charge is -2.10. The summed E-state index contributed by atoms with van der Waals surface area (Å²) in [4.78, 5) is 30.4. The molecule has 8 heteroatoms. The van der Waals surface area contributed by atoms with Crippen LogP contribution in [0, 0.1) is 18.3 Å². The van der Waals surface area contributed by atoms with Crippen LogP contribution in [0.1, 0.15) is 32.6 Å². The molecule has 0 atom stereocenters. The van der Waals surface area contributed by atoms with Crippen molar-refractivity contribution in [3.8, 4) is 17.6 Å². The number of nitriles is 1. The number of nitrogens with zero attached hydrogens (tertiary/aromatic N) is 2. The molecule has 0 spiro atoms. The predicted molar refractivity (Wildman–Crippen MR) is 136 cm³/mol. The van der Waals surface area contributed by atoms with Crippen molar-refractivity contribution in [1.29, 1.82) is 5.26 Å². The number of methoxy groups -OCH3 is 2. The highest BCUT2D eigenvalue weighted by atomic mass is 16.5. The molecular weight excluding hydrogens is 456 g/mol. The lowest BCUT2D eigenvalue weighted by Crippen LogP contribution is -2.30. The molecule has 2 N–H and O–H groups in total. The van der Waals surface area contributed by atoms with E-state index in [-0.39, 0.29) is 23.7 Å². The Hall–Kier alpha value is -4.90. The largest absolute Gasteiger partial charge is 0.493 e. The van der Waals surface area contributed by atoms with E-state index in [2.05, 4.69) is 15.6 Å². The molecule has 1 heterocycles. The summed E-state index contributed by atoms with van der Waals surface area (Å²) in [6.07, 6.45) is 0. The number of aliphatic imine (C=N–C) groups is 1. The maximum Gasteiger partial charge on any atom is 0.264 e. The number of ether oxygens (including phenoxy) is 2. The Labute approximate surface area is 208 Å². The summed E-state index contributed by atoms with van der Waals surface area (Å²) in [7, 11) is 3.00. The Bertz CT molecular complexity index is 1430. The van der Waals surface area contributed by atoms with Crippen LogP contribution < -0.4 is 20.1 Å². The Morgan fingerprint density at radius 2 is 1.64 bits per heavy atom. The maximum absolute atomic E-state index is 13.0. The van der Waals surface area contributed by atoms with Crippen molar-refractivity contribution >= 4 is 23.3 Å². The van der Waals surface area contributed by atoms with E-state index in [0.717, 1.165) is 11.1 Å². The van der Waals surface area contributed by atoms with Crippen LogP contribution in [-0.2, 0) is 11.3 Å². The van der Waals surface area contributed by atoms with Crippen molar-refractivity contribution < 1.29 is 19.1 Å². The number of benzene rings is 3. The monoisotopic (exact) mass is 480 g/mol. The van der Waals surface area contributed by atoms with Gasteiger partial charge in [-0.3, -0.25) is 9.59 Å². The fourth-order valence-corrected chi connectivity index (χ4v) is 3.76. The number of carbonyl (C=O) groups is 2. The fourth-order valence-electron chi connectivity index (χ4n) is 3.76. The van der Waals surface area contributed by atoms with Gasteiger partial charge < -0.3 is 20.1 Å². The van der Waals surface area contributed by atoms with Gasteiger partial charge in [0.05, 0.1) is 19.9 Å². The Morgan fingerprint density at radius 1 is 0.944 bits per heavy atom. The first-order chi connectivity index (χ1) is 17.4. The van der Waals surface area contributed by atoms with Crippen molar-refractivity contribution in [1.82, 2.24) is 10.6 Å². The van der Waals surface area contributed by atoms with Crippen LogP contribution in [0.5, 0.6) is 11.5 Å². The van der Waals surface area contributed by atoms with E-state index in [1.165, 1.54) is 14.2 Å². The van der Waals surface area contributed by atoms with E-state index in [4.69, 9.17) is 9.47 Å². The number of nitrogens with one attached hydrogen (secondary N) is 2. The second-order valence-corrected chi connectivity index (χ2v) is 8.03. The number of amidine groups is 1. The van der Waals surface area contributed by atoms with Gasteiger partial charge in [0, 0.05) is 23.2 Å². The first kappa shape index (κ1) is 24.2. The second-order valence-electron chi connectivity index (χ2n) is 8.03. The normalized spacial score (nSPS) is 13.1. The molecule has 0 fully saturated rings. The third-order valence-corrected chi connectivity index (χ3v) is 5.69. The molecule has 4 rings (SSSR count). The second kappa shape index (κ2) is 10.6. The zero-order chi connectivity index (χ0) is 25.7. The topological polar surface area (TPSA) is 113 Å². The highest BCUT2D eigenvalue weighted by Crippen LogP contribution is 2.31. The number of hydrogen-bond donors (Lipinski definition) is 2. The first-order valence-electron chi connectivity index (χ1n) is 11.1. The average Bonchev–Trinajstić information content (AvgIpc) is 3.26. The van der Waals surface area contributed by atoms with Crippen LogP contribution >= 0.6 is 0 Å². The highest BCUT2D eigenvalue weighted by Gasteiger charge is 2.27. The molecule has 3 aromatic carbocycles. The zero-order valence-corrected chi connectivity index (χ0v) is 20.1. The summed E-state index contributed by atoms with van der Waals surface area (Å²) in [5.74, 6) is 0.196. The summed E-state index contributed by atoms with van der Waals surface area (Å²) in [6, 6.07) is 21.6. The van der Waals surface area contributed by atoms with Gasteiger partial charge in [0.2, 0.25) is 0 Å². The van der Waals surface area contributed by atoms with Gasteiger partial charge in [-0.05, 0) is 30.7 Å². The van der Waals surface area contributed by atoms with Crippen molar-refractivity contribution in [3.05, 3.63) is 100 Å². The van der Waals surface area contributed by atoms with E-state index in [9.17, 15) is 14.9 Å². The van der Waals surface area contributed by atoms with Crippen LogP contribution in [0.2, 0.25) is 0 Å². The molecule has 1 aliphatic rings. The SMILES string of the molecule is COc1ccc(C(=O)NC2=N/C(=C(/C#N)C(=O)NCc3ccc(C)cc3)c3ccccc32)cc1OC. The minimum absolute atomic E-state index is 0.134. The summed E-state index contributed by atoms with van der Waals surface area (Å²) in [6.45, 7) is 2.25. The predicted octanol–water partition coefficient (Wildman–Crippen LogP) is 3.75. The molecule has 0 saturated heterocycles. The van der Waals surface area contributed by atoms with Gasteiger partial charge in [-0.1, -0.05) is 54.1 Å². The maximum atomic E-state index is 13.0. The van der Waals surface area contributed by atoms with Gasteiger partial charge in [0.25, 0.3) is 11.8 Å². The van der Waals surface area contributed by atoms with Crippen LogP contribution in [0.3, 0.4) is 0 Å². The van der Waals surface area contributed by atoms with Gasteiger partial charge in [0.15, 0.2) is 11.5 Å². The Kier molecular flexibility index (Phi) is 7.12. The minimum Gasteiger partial charge on any atom is -0.493 e. The zero-order valence-electron chi connectivity index (χ0n) is 20.1. The van der Waals surface area contributed by atoms with Crippen LogP contribution in [0.25, 0.3) is 5.70 Å². The van der Waals surface area contributed by atoms with Crippen molar-refractivity contribution in [2.24, 2.45) is 4.99 Å². The third-order valence-electron chi connectivity index (χ3n) is 5.69. The molecular formula is C28H24N4O4. The summed E-state index contributed by atoms with van der Waals surface area (Å²) < 4.78 is 10.5. The number of hydrogen-bond acceptors (Lipinski definition) is 6. The minimum atomic E-state index is -0.543. The quantitative estimate of drug-likeness (QED) is 0.412. The standard InChI is InChI=1S/C28H24N4O4/c1-17-8-10-18(11-9-17)16-30-28(34)22(15-29)25-20-6-4-5-7-21(20)26(31-25)32-27(33)19-12-13-23(35-2)24(14-19)36-3/h4-14H,16H2,1-3H3,(H,30,34)(H,31,32,33)/b25-22-. The molecule has 0 saturated carbocycles. The molecule has 180 valence electrons. The molecule has 36 heavy (non-hydrogen) atoms. The number of carbonyl (C=O) groups excluding carboxylic acids is 2. The summed E-state index contributed by atoms with van der Waals surface area (Å²) >= 11 is 0. The molecule has 0 aliphatic carbocycles. The number of fused-ring (bicyclic) bond motifs is 1. The van der Waals surface area contributed by atoms with Gasteiger partial charge in [-0.25, -0.2) is 4.99 Å². The van der Waals surface area contributed by atoms with E-state index >= 15 is 0 Å². The Morgan fingerprint density at radius 3 is 2.31 bits per heavy atom. The number of rotatable bonds is 6. The fraction of sp³-hybridized carbons (Fsp3) is 0.143. The van der Waals surface area contributed by atoms with Crippen molar-refractivity contribution in [2.75, 3.05) is 14.2 Å². The lowest BCUT2D eigenvalue weighted by molar-refractivity contribution is -0.117. The van der Waals surface area contributed by atoms with Crippen molar-refractivity contribution in [3.63, 3.8) is 0 Å². The summed E-state index contributed by atoms with van der Waals surface area (Å²) in [5, 5.41) is 15.4. The van der Waals surface area contributed by atoms with E-state index in [1.807, 2.05) is 37.3 Å². The molecule has 8 nitrogen and oxygen atoms in total. The third kappa shape index (κ3) is 4.95. The van der Waals surface area contributed by atoms with Crippen molar-refractivity contribution in [2.45, 2.75) is 13.5 Å². The molecule has 0 bridgehead atoms. The number of amides is 2. The Balaban J connectivity index is 1.62. The summed E-state index contributed by atoms with van der Waals surface area (Å²) in [5.41, 5.74) is 3.63. The van der Waals surface area contributed by atoms with Gasteiger partial charge in [-0.15, -0.1) is 0 Å². The van der Waals surface area contributed by atoms with Gasteiger partial charge in [0.1, 0.15) is 17.5 Å². The molecule has 0 radical (unpaired) electrons. The molecule has 0 unspecified atom stereocenters. The average molecular weight is 481 g/mol. The lowest BCUT2D eigenvalue weighted by atomic mass is 10.0. The van der Waals surface area contributed by atoms with Gasteiger partial charge >= 0.3 is 0 Å². The van der Waals surface area contributed by atoms with Crippen LogP contribution in [-0.4, -0.2) is 31.9 Å². The van der Waals surface area contributed by atoms with Crippen LogP contribution in [0.4, 0.5) is 0 Å². The molecule has 2 amide bonds.